The average Bonchev–Trinajstić information content (AvgIpc) is 2.66. The van der Waals surface area contributed by atoms with E-state index in [1.165, 1.54) is 0 Å². The fraction of sp³-hybridized carbons (Fsp3) is 0.462. The first kappa shape index (κ1) is 11.8. The Labute approximate surface area is 110 Å². The van der Waals surface area contributed by atoms with E-state index in [4.69, 9.17) is 17.3 Å². The molecule has 0 bridgehead atoms. The van der Waals surface area contributed by atoms with E-state index in [-0.39, 0.29) is 6.10 Å². The van der Waals surface area contributed by atoms with Gasteiger partial charge >= 0.3 is 0 Å². The highest BCUT2D eigenvalue weighted by atomic mass is 35.5. The number of halogens is 1. The first-order valence-electron chi connectivity index (χ1n) is 6.26. The minimum Gasteiger partial charge on any atom is -0.393 e. The Morgan fingerprint density at radius 3 is 2.72 bits per heavy atom. The summed E-state index contributed by atoms with van der Waals surface area (Å²) in [6.07, 6.45) is 3.35. The normalized spacial score (nSPS) is 24.6. The summed E-state index contributed by atoms with van der Waals surface area (Å²) in [4.78, 5) is 4.37. The summed E-state index contributed by atoms with van der Waals surface area (Å²) in [7, 11) is 0. The zero-order chi connectivity index (χ0) is 12.7. The molecule has 0 radical (unpaired) electrons. The van der Waals surface area contributed by atoms with Gasteiger partial charge in [-0.05, 0) is 43.9 Å². The Morgan fingerprint density at radius 2 is 2.00 bits per heavy atom. The fourth-order valence-corrected chi connectivity index (χ4v) is 2.95. The maximum Gasteiger partial charge on any atom is 0.201 e. The molecule has 1 saturated carbocycles. The van der Waals surface area contributed by atoms with Crippen LogP contribution in [0.2, 0.25) is 5.02 Å². The van der Waals surface area contributed by atoms with Gasteiger partial charge < -0.3 is 15.4 Å². The van der Waals surface area contributed by atoms with Crippen LogP contribution in [0, 0.1) is 0 Å². The minimum absolute atomic E-state index is 0.166. The summed E-state index contributed by atoms with van der Waals surface area (Å²) in [6.45, 7) is 0. The summed E-state index contributed by atoms with van der Waals surface area (Å²) in [5.74, 6) is 0.536. The number of nitrogen functional groups attached to an aromatic ring is 1. The smallest absolute Gasteiger partial charge is 0.201 e. The van der Waals surface area contributed by atoms with Crippen LogP contribution in [-0.2, 0) is 0 Å². The van der Waals surface area contributed by atoms with E-state index in [9.17, 15) is 5.11 Å². The van der Waals surface area contributed by atoms with Crippen LogP contribution in [0.5, 0.6) is 0 Å². The quantitative estimate of drug-likeness (QED) is 0.833. The monoisotopic (exact) mass is 265 g/mol. The van der Waals surface area contributed by atoms with Crippen LogP contribution < -0.4 is 5.73 Å². The van der Waals surface area contributed by atoms with Crippen LogP contribution in [0.4, 0.5) is 5.95 Å². The van der Waals surface area contributed by atoms with Gasteiger partial charge in [-0.2, -0.15) is 0 Å². The Balaban J connectivity index is 2.05. The molecule has 1 heterocycles. The second kappa shape index (κ2) is 4.44. The number of aliphatic hydroxyl groups is 1. The summed E-state index contributed by atoms with van der Waals surface area (Å²) < 4.78 is 2.06. The molecule has 0 atom stereocenters. The van der Waals surface area contributed by atoms with Gasteiger partial charge in [0, 0.05) is 11.1 Å². The van der Waals surface area contributed by atoms with E-state index in [0.29, 0.717) is 17.0 Å². The molecule has 2 aromatic rings. The van der Waals surface area contributed by atoms with Crippen LogP contribution >= 0.6 is 11.6 Å². The standard InChI is InChI=1S/C13H16ClN3O/c14-8-1-6-11-12(7-8)17(13(15)16-11)9-2-4-10(18)5-3-9/h1,6-7,9-10,18H,2-5H2,(H2,15,16). The van der Waals surface area contributed by atoms with Gasteiger partial charge in [-0.3, -0.25) is 0 Å². The molecule has 0 amide bonds. The summed E-state index contributed by atoms with van der Waals surface area (Å²) in [5.41, 5.74) is 7.88. The average molecular weight is 266 g/mol. The molecule has 0 aliphatic heterocycles. The van der Waals surface area contributed by atoms with E-state index >= 15 is 0 Å². The number of hydrogen-bond acceptors (Lipinski definition) is 3. The molecule has 4 nitrogen and oxygen atoms in total. The van der Waals surface area contributed by atoms with Crippen molar-refractivity contribution in [2.45, 2.75) is 37.8 Å². The van der Waals surface area contributed by atoms with Crippen LogP contribution in [0.25, 0.3) is 11.0 Å². The van der Waals surface area contributed by atoms with Crippen molar-refractivity contribution in [3.63, 3.8) is 0 Å². The van der Waals surface area contributed by atoms with Crippen LogP contribution in [0.15, 0.2) is 18.2 Å². The van der Waals surface area contributed by atoms with E-state index in [1.807, 2.05) is 18.2 Å². The number of hydrogen-bond donors (Lipinski definition) is 2. The second-order valence-electron chi connectivity index (χ2n) is 4.94. The van der Waals surface area contributed by atoms with Crippen molar-refractivity contribution in [2.75, 3.05) is 5.73 Å². The molecule has 1 fully saturated rings. The first-order chi connectivity index (χ1) is 8.65. The molecular formula is C13H16ClN3O. The van der Waals surface area contributed by atoms with Crippen LogP contribution in [0.1, 0.15) is 31.7 Å². The number of rotatable bonds is 1. The predicted molar refractivity (Wildman–Crippen MR) is 72.7 cm³/mol. The van der Waals surface area contributed by atoms with Crippen molar-refractivity contribution in [3.05, 3.63) is 23.2 Å². The van der Waals surface area contributed by atoms with Crippen molar-refractivity contribution in [1.82, 2.24) is 9.55 Å². The highest BCUT2D eigenvalue weighted by molar-refractivity contribution is 6.31. The highest BCUT2D eigenvalue weighted by Gasteiger charge is 2.23. The van der Waals surface area contributed by atoms with Crippen LogP contribution in [-0.4, -0.2) is 20.8 Å². The number of aromatic nitrogens is 2. The van der Waals surface area contributed by atoms with Gasteiger partial charge in [-0.1, -0.05) is 11.6 Å². The van der Waals surface area contributed by atoms with Gasteiger partial charge in [0.15, 0.2) is 0 Å². The number of imidazole rings is 1. The largest absolute Gasteiger partial charge is 0.393 e. The van der Waals surface area contributed by atoms with Gasteiger partial charge in [0.2, 0.25) is 5.95 Å². The number of fused-ring (bicyclic) bond motifs is 1. The van der Waals surface area contributed by atoms with Crippen LogP contribution in [0.3, 0.4) is 0 Å². The third kappa shape index (κ3) is 1.95. The minimum atomic E-state index is -0.166. The molecule has 3 N–H and O–H groups in total. The zero-order valence-corrected chi connectivity index (χ0v) is 10.8. The summed E-state index contributed by atoms with van der Waals surface area (Å²) in [6, 6.07) is 5.94. The Bertz CT molecular complexity index is 573. The molecule has 1 aliphatic rings. The molecule has 1 aliphatic carbocycles. The van der Waals surface area contributed by atoms with Gasteiger partial charge in [-0.15, -0.1) is 0 Å². The number of aliphatic hydroxyl groups excluding tert-OH is 1. The third-order valence-corrected chi connectivity index (χ3v) is 3.95. The Morgan fingerprint density at radius 1 is 1.28 bits per heavy atom. The van der Waals surface area contributed by atoms with Crippen molar-refractivity contribution in [1.29, 1.82) is 0 Å². The van der Waals surface area contributed by atoms with Gasteiger partial charge in [-0.25, -0.2) is 4.98 Å². The molecule has 1 aromatic heterocycles. The Hall–Kier alpha value is -1.26. The molecule has 96 valence electrons. The van der Waals surface area contributed by atoms with Crippen molar-refractivity contribution in [3.8, 4) is 0 Å². The molecular weight excluding hydrogens is 250 g/mol. The maximum absolute atomic E-state index is 9.57. The van der Waals surface area contributed by atoms with Crippen molar-refractivity contribution in [2.24, 2.45) is 0 Å². The SMILES string of the molecule is Nc1nc2ccc(Cl)cc2n1C1CCC(O)CC1. The molecule has 1 aromatic carbocycles. The topological polar surface area (TPSA) is 64.1 Å². The maximum atomic E-state index is 9.57. The second-order valence-corrected chi connectivity index (χ2v) is 5.37. The summed E-state index contributed by atoms with van der Waals surface area (Å²) in [5, 5.41) is 10.3. The zero-order valence-electron chi connectivity index (χ0n) is 10.0. The van der Waals surface area contributed by atoms with E-state index in [0.717, 1.165) is 36.7 Å². The highest BCUT2D eigenvalue weighted by Crippen LogP contribution is 2.34. The molecule has 18 heavy (non-hydrogen) atoms. The van der Waals surface area contributed by atoms with Gasteiger partial charge in [0.25, 0.3) is 0 Å². The molecule has 5 heteroatoms. The lowest BCUT2D eigenvalue weighted by molar-refractivity contribution is 0.112. The van der Waals surface area contributed by atoms with E-state index in [1.54, 1.807) is 0 Å². The molecule has 0 saturated heterocycles. The number of benzene rings is 1. The number of anilines is 1. The lowest BCUT2D eigenvalue weighted by atomic mass is 9.93. The van der Waals surface area contributed by atoms with Gasteiger partial charge in [0.1, 0.15) is 0 Å². The fourth-order valence-electron chi connectivity index (χ4n) is 2.78. The lowest BCUT2D eigenvalue weighted by Gasteiger charge is -2.27. The lowest BCUT2D eigenvalue weighted by Crippen LogP contribution is -2.22. The molecule has 0 unspecified atom stereocenters. The van der Waals surface area contributed by atoms with E-state index in [2.05, 4.69) is 9.55 Å². The molecule has 0 spiro atoms. The van der Waals surface area contributed by atoms with E-state index < -0.39 is 0 Å². The number of nitrogens with zero attached hydrogens (tertiary/aromatic N) is 2. The number of nitrogens with two attached hydrogens (primary N) is 1. The van der Waals surface area contributed by atoms with Crippen molar-refractivity contribution < 1.29 is 5.11 Å². The predicted octanol–water partition coefficient (Wildman–Crippen LogP) is 2.75. The van der Waals surface area contributed by atoms with Crippen molar-refractivity contribution >= 4 is 28.6 Å². The third-order valence-electron chi connectivity index (χ3n) is 3.71. The van der Waals surface area contributed by atoms with Gasteiger partial charge in [0.05, 0.1) is 17.1 Å². The summed E-state index contributed by atoms with van der Waals surface area (Å²) >= 11 is 6.04. The first-order valence-corrected chi connectivity index (χ1v) is 6.64. The molecule has 3 rings (SSSR count). The Kier molecular flexibility index (Phi) is 2.92.